The number of morpholine rings is 2. The first-order valence-electron chi connectivity index (χ1n) is 8.46. The van der Waals surface area contributed by atoms with Crippen molar-refractivity contribution in [2.45, 2.75) is 18.7 Å². The van der Waals surface area contributed by atoms with Crippen LogP contribution in [0.5, 0.6) is 0 Å². The van der Waals surface area contributed by atoms with Gasteiger partial charge in [0.15, 0.2) is 0 Å². The summed E-state index contributed by atoms with van der Waals surface area (Å²) in [6.45, 7) is 6.79. The molecule has 0 spiro atoms. The standard InChI is InChI=1S/C16H25N3O5S/c1-12-14(16(20)18-4-8-23-9-5-18)15(13(2)17(12)3)25(21,22)19-6-10-24-11-7-19/h4-11H2,1-3H3. The van der Waals surface area contributed by atoms with Crippen LogP contribution in [-0.2, 0) is 26.5 Å². The largest absolute Gasteiger partial charge is 0.379 e. The molecule has 1 aromatic heterocycles. The Morgan fingerprint density at radius 2 is 1.44 bits per heavy atom. The number of carbonyl (C=O) groups is 1. The third-order valence-electron chi connectivity index (χ3n) is 5.00. The zero-order chi connectivity index (χ0) is 18.2. The predicted octanol–water partition coefficient (Wildman–Crippen LogP) is 0.135. The normalized spacial score (nSPS) is 20.0. The summed E-state index contributed by atoms with van der Waals surface area (Å²) in [7, 11) is -1.96. The second-order valence-corrected chi connectivity index (χ2v) is 8.23. The van der Waals surface area contributed by atoms with Gasteiger partial charge in [0.25, 0.3) is 5.91 Å². The molecule has 1 aromatic rings. The molecule has 2 fully saturated rings. The molecule has 140 valence electrons. The van der Waals surface area contributed by atoms with Gasteiger partial charge in [0.05, 0.1) is 32.0 Å². The highest BCUT2D eigenvalue weighted by atomic mass is 32.2. The van der Waals surface area contributed by atoms with Crippen molar-refractivity contribution in [1.29, 1.82) is 0 Å². The molecule has 9 heteroatoms. The van der Waals surface area contributed by atoms with E-state index in [0.29, 0.717) is 64.0 Å². The molecule has 3 heterocycles. The highest BCUT2D eigenvalue weighted by Crippen LogP contribution is 2.30. The van der Waals surface area contributed by atoms with Crippen LogP contribution in [0, 0.1) is 13.8 Å². The van der Waals surface area contributed by atoms with Gasteiger partial charge in [-0.1, -0.05) is 0 Å². The highest BCUT2D eigenvalue weighted by molar-refractivity contribution is 7.89. The lowest BCUT2D eigenvalue weighted by Gasteiger charge is -2.29. The fourth-order valence-corrected chi connectivity index (χ4v) is 5.22. The first-order chi connectivity index (χ1) is 11.9. The van der Waals surface area contributed by atoms with Gasteiger partial charge in [0.2, 0.25) is 10.0 Å². The molecule has 0 unspecified atom stereocenters. The minimum atomic E-state index is -3.75. The second-order valence-electron chi connectivity index (χ2n) is 6.35. The molecular weight excluding hydrogens is 346 g/mol. The van der Waals surface area contributed by atoms with Crippen molar-refractivity contribution in [3.63, 3.8) is 0 Å². The van der Waals surface area contributed by atoms with Crippen LogP contribution in [0.15, 0.2) is 4.90 Å². The minimum Gasteiger partial charge on any atom is -0.379 e. The van der Waals surface area contributed by atoms with Crippen LogP contribution in [-0.4, -0.2) is 80.7 Å². The number of ether oxygens (including phenoxy) is 2. The fraction of sp³-hybridized carbons (Fsp3) is 0.688. The number of amides is 1. The Hall–Kier alpha value is -1.42. The van der Waals surface area contributed by atoms with E-state index in [4.69, 9.17) is 9.47 Å². The van der Waals surface area contributed by atoms with E-state index < -0.39 is 10.0 Å². The number of sulfonamides is 1. The Morgan fingerprint density at radius 3 is 2.00 bits per heavy atom. The average Bonchev–Trinajstić information content (AvgIpc) is 2.87. The molecular formula is C16H25N3O5S. The summed E-state index contributed by atoms with van der Waals surface area (Å²) >= 11 is 0. The monoisotopic (exact) mass is 371 g/mol. The Labute approximate surface area is 148 Å². The van der Waals surface area contributed by atoms with Crippen molar-refractivity contribution in [3.8, 4) is 0 Å². The second kappa shape index (κ2) is 7.06. The van der Waals surface area contributed by atoms with E-state index in [0.717, 1.165) is 0 Å². The van der Waals surface area contributed by atoms with E-state index in [1.807, 2.05) is 0 Å². The van der Waals surface area contributed by atoms with Gasteiger partial charge in [-0.05, 0) is 13.8 Å². The maximum Gasteiger partial charge on any atom is 0.257 e. The maximum absolute atomic E-state index is 13.2. The van der Waals surface area contributed by atoms with Gasteiger partial charge < -0.3 is 18.9 Å². The molecule has 0 N–H and O–H groups in total. The highest BCUT2D eigenvalue weighted by Gasteiger charge is 2.37. The van der Waals surface area contributed by atoms with Gasteiger partial charge >= 0.3 is 0 Å². The molecule has 0 aliphatic carbocycles. The Kier molecular flexibility index (Phi) is 5.19. The lowest BCUT2D eigenvalue weighted by atomic mass is 10.2. The zero-order valence-electron chi connectivity index (χ0n) is 14.9. The number of nitrogens with zero attached hydrogens (tertiary/aromatic N) is 3. The van der Waals surface area contributed by atoms with E-state index in [1.165, 1.54) is 4.31 Å². The van der Waals surface area contributed by atoms with Crippen molar-refractivity contribution in [3.05, 3.63) is 17.0 Å². The molecule has 0 atom stereocenters. The predicted molar refractivity (Wildman–Crippen MR) is 91.2 cm³/mol. The molecule has 0 aromatic carbocycles. The molecule has 8 nitrogen and oxygen atoms in total. The molecule has 2 aliphatic heterocycles. The van der Waals surface area contributed by atoms with E-state index in [1.54, 1.807) is 30.4 Å². The van der Waals surface area contributed by atoms with Crippen molar-refractivity contribution in [1.82, 2.24) is 13.8 Å². The number of carbonyl (C=O) groups excluding carboxylic acids is 1. The van der Waals surface area contributed by atoms with Crippen LogP contribution < -0.4 is 0 Å². The van der Waals surface area contributed by atoms with Crippen molar-refractivity contribution < 1.29 is 22.7 Å². The van der Waals surface area contributed by atoms with Gasteiger partial charge in [-0.15, -0.1) is 0 Å². The van der Waals surface area contributed by atoms with Crippen LogP contribution in [0.4, 0.5) is 0 Å². The van der Waals surface area contributed by atoms with Crippen LogP contribution >= 0.6 is 0 Å². The summed E-state index contributed by atoms with van der Waals surface area (Å²) < 4.78 is 40.2. The number of hydrogen-bond acceptors (Lipinski definition) is 5. The van der Waals surface area contributed by atoms with Crippen LogP contribution in [0.25, 0.3) is 0 Å². The van der Waals surface area contributed by atoms with Crippen molar-refractivity contribution >= 4 is 15.9 Å². The van der Waals surface area contributed by atoms with Gasteiger partial charge in [0, 0.05) is 44.6 Å². The summed E-state index contributed by atoms with van der Waals surface area (Å²) in [4.78, 5) is 14.9. The van der Waals surface area contributed by atoms with Gasteiger partial charge in [0.1, 0.15) is 4.90 Å². The van der Waals surface area contributed by atoms with Crippen LogP contribution in [0.2, 0.25) is 0 Å². The number of rotatable bonds is 3. The summed E-state index contributed by atoms with van der Waals surface area (Å²) in [5, 5.41) is 0. The number of hydrogen-bond donors (Lipinski definition) is 0. The third kappa shape index (κ3) is 3.21. The quantitative estimate of drug-likeness (QED) is 0.755. The average molecular weight is 371 g/mol. The molecule has 2 saturated heterocycles. The topological polar surface area (TPSA) is 81.1 Å². The first-order valence-corrected chi connectivity index (χ1v) is 9.90. The molecule has 2 aliphatic rings. The van der Waals surface area contributed by atoms with E-state index >= 15 is 0 Å². The van der Waals surface area contributed by atoms with Crippen molar-refractivity contribution in [2.75, 3.05) is 52.6 Å². The molecule has 0 saturated carbocycles. The lowest BCUT2D eigenvalue weighted by molar-refractivity contribution is 0.0299. The Balaban J connectivity index is 2.06. The van der Waals surface area contributed by atoms with Crippen molar-refractivity contribution in [2.24, 2.45) is 7.05 Å². The number of aromatic nitrogens is 1. The minimum absolute atomic E-state index is 0.130. The molecule has 25 heavy (non-hydrogen) atoms. The molecule has 0 radical (unpaired) electrons. The van der Waals surface area contributed by atoms with Gasteiger partial charge in [-0.25, -0.2) is 8.42 Å². The van der Waals surface area contributed by atoms with Crippen LogP contribution in [0.1, 0.15) is 21.7 Å². The van der Waals surface area contributed by atoms with E-state index in [-0.39, 0.29) is 16.4 Å². The van der Waals surface area contributed by atoms with E-state index in [9.17, 15) is 13.2 Å². The van der Waals surface area contributed by atoms with E-state index in [2.05, 4.69) is 0 Å². The Morgan fingerprint density at radius 1 is 0.920 bits per heavy atom. The molecule has 0 bridgehead atoms. The van der Waals surface area contributed by atoms with Gasteiger partial charge in [-0.2, -0.15) is 4.31 Å². The summed E-state index contributed by atoms with van der Waals surface area (Å²) in [6, 6.07) is 0. The van der Waals surface area contributed by atoms with Gasteiger partial charge in [-0.3, -0.25) is 4.79 Å². The maximum atomic E-state index is 13.2. The summed E-state index contributed by atoms with van der Waals surface area (Å²) in [5.41, 5.74) is 1.54. The van der Waals surface area contributed by atoms with Crippen LogP contribution in [0.3, 0.4) is 0 Å². The lowest BCUT2D eigenvalue weighted by Crippen LogP contribution is -2.43. The molecule has 1 amide bonds. The zero-order valence-corrected chi connectivity index (χ0v) is 15.8. The summed E-state index contributed by atoms with van der Waals surface area (Å²) in [6.07, 6.45) is 0. The molecule has 3 rings (SSSR count). The summed E-state index contributed by atoms with van der Waals surface area (Å²) in [5.74, 6) is -0.240. The Bertz CT molecular complexity index is 759. The SMILES string of the molecule is Cc1c(C(=O)N2CCOCC2)c(S(=O)(=O)N2CCOCC2)c(C)n1C. The first kappa shape index (κ1) is 18.4. The third-order valence-corrected chi connectivity index (χ3v) is 7.06. The smallest absolute Gasteiger partial charge is 0.257 e. The fourth-order valence-electron chi connectivity index (χ4n) is 3.32.